The average molecular weight is 346 g/mol. The van der Waals surface area contributed by atoms with E-state index in [1.54, 1.807) is 13.3 Å². The first-order chi connectivity index (χ1) is 11.7. The van der Waals surface area contributed by atoms with Gasteiger partial charge in [-0.3, -0.25) is 0 Å². The van der Waals surface area contributed by atoms with Crippen LogP contribution in [0.3, 0.4) is 0 Å². The van der Waals surface area contributed by atoms with Crippen LogP contribution in [0, 0.1) is 0 Å². The molecule has 6 nitrogen and oxygen atoms in total. The molecule has 1 fully saturated rings. The predicted molar refractivity (Wildman–Crippen MR) is 95.5 cm³/mol. The maximum absolute atomic E-state index is 12.7. The largest absolute Gasteiger partial charge is 0.496 e. The van der Waals surface area contributed by atoms with Gasteiger partial charge in [0.05, 0.1) is 7.11 Å². The highest BCUT2D eigenvalue weighted by Crippen LogP contribution is 2.29. The van der Waals surface area contributed by atoms with Gasteiger partial charge in [0.2, 0.25) is 0 Å². The van der Waals surface area contributed by atoms with Gasteiger partial charge in [-0.25, -0.2) is 9.78 Å². The van der Waals surface area contributed by atoms with Gasteiger partial charge in [0, 0.05) is 49.6 Å². The zero-order valence-electron chi connectivity index (χ0n) is 13.9. The fourth-order valence-electron chi connectivity index (χ4n) is 2.82. The molecule has 0 radical (unpaired) electrons. The van der Waals surface area contributed by atoms with Gasteiger partial charge in [-0.05, 0) is 6.07 Å². The number of para-hydroxylation sites is 1. The van der Waals surface area contributed by atoms with Gasteiger partial charge in [-0.15, -0.1) is 0 Å². The van der Waals surface area contributed by atoms with E-state index in [0.717, 1.165) is 41.7 Å². The lowest BCUT2D eigenvalue weighted by Gasteiger charge is -2.29. The van der Waals surface area contributed by atoms with Crippen molar-refractivity contribution in [2.75, 3.05) is 31.7 Å². The number of imidazole rings is 1. The molecule has 0 unspecified atom stereocenters. The summed E-state index contributed by atoms with van der Waals surface area (Å²) in [6.45, 7) is 1.55. The number of nitrogens with zero attached hydrogens (tertiary/aromatic N) is 3. The molecular formula is C17H22N4O2S. The zero-order chi connectivity index (χ0) is 16.9. The van der Waals surface area contributed by atoms with Gasteiger partial charge >= 0.3 is 6.03 Å². The Morgan fingerprint density at radius 1 is 1.33 bits per heavy atom. The molecule has 1 aliphatic rings. The lowest BCUT2D eigenvalue weighted by Crippen LogP contribution is -2.46. The molecule has 0 spiro atoms. The Labute approximate surface area is 146 Å². The summed E-state index contributed by atoms with van der Waals surface area (Å²) in [7, 11) is 3.56. The van der Waals surface area contributed by atoms with Crippen LogP contribution in [0.2, 0.25) is 0 Å². The molecule has 0 bridgehead atoms. The number of nitrogens with one attached hydrogen (secondary N) is 1. The predicted octanol–water partition coefficient (Wildman–Crippen LogP) is 2.28. The number of thioether (sulfide) groups is 1. The van der Waals surface area contributed by atoms with E-state index >= 15 is 0 Å². The van der Waals surface area contributed by atoms with Crippen molar-refractivity contribution < 1.29 is 9.53 Å². The van der Waals surface area contributed by atoms with Crippen LogP contribution in [0.1, 0.15) is 17.4 Å². The third-order valence-electron chi connectivity index (χ3n) is 4.13. The van der Waals surface area contributed by atoms with E-state index in [4.69, 9.17) is 4.74 Å². The van der Waals surface area contributed by atoms with Crippen LogP contribution in [-0.2, 0) is 7.05 Å². The number of aromatic nitrogens is 2. The topological polar surface area (TPSA) is 59.4 Å². The van der Waals surface area contributed by atoms with E-state index in [-0.39, 0.29) is 12.1 Å². The van der Waals surface area contributed by atoms with Crippen molar-refractivity contribution in [2.45, 2.75) is 6.04 Å². The summed E-state index contributed by atoms with van der Waals surface area (Å²) in [6.07, 6.45) is 3.61. The summed E-state index contributed by atoms with van der Waals surface area (Å²) in [5.41, 5.74) is 0.897. The van der Waals surface area contributed by atoms with Gasteiger partial charge in [0.25, 0.3) is 0 Å². The summed E-state index contributed by atoms with van der Waals surface area (Å²) in [5, 5.41) is 3.14. The van der Waals surface area contributed by atoms with Crippen molar-refractivity contribution >= 4 is 17.8 Å². The second kappa shape index (κ2) is 7.61. The number of hydrogen-bond donors (Lipinski definition) is 1. The maximum Gasteiger partial charge on any atom is 0.318 e. The quantitative estimate of drug-likeness (QED) is 0.923. The Kier molecular flexibility index (Phi) is 5.30. The van der Waals surface area contributed by atoms with E-state index in [1.165, 1.54) is 0 Å². The molecule has 1 aromatic carbocycles. The number of carbonyl (C=O) groups excluding carboxylic acids is 1. The van der Waals surface area contributed by atoms with Crippen LogP contribution in [0.25, 0.3) is 0 Å². The molecule has 1 atom stereocenters. The minimum Gasteiger partial charge on any atom is -0.496 e. The lowest BCUT2D eigenvalue weighted by molar-refractivity contribution is 0.200. The molecular weight excluding hydrogens is 324 g/mol. The highest BCUT2D eigenvalue weighted by atomic mass is 32.2. The second-order valence-electron chi connectivity index (χ2n) is 5.62. The van der Waals surface area contributed by atoms with E-state index in [2.05, 4.69) is 10.3 Å². The maximum atomic E-state index is 12.7. The smallest absolute Gasteiger partial charge is 0.318 e. The van der Waals surface area contributed by atoms with Crippen molar-refractivity contribution in [2.24, 2.45) is 7.05 Å². The molecule has 1 aliphatic heterocycles. The Bertz CT molecular complexity index is 697. The van der Waals surface area contributed by atoms with Crippen molar-refractivity contribution in [3.63, 3.8) is 0 Å². The first kappa shape index (κ1) is 16.7. The fourth-order valence-corrected chi connectivity index (χ4v) is 3.73. The molecule has 2 heterocycles. The van der Waals surface area contributed by atoms with Gasteiger partial charge in [0.1, 0.15) is 17.6 Å². The van der Waals surface area contributed by atoms with Crippen LogP contribution >= 0.6 is 11.8 Å². The van der Waals surface area contributed by atoms with Crippen LogP contribution in [0.5, 0.6) is 5.75 Å². The van der Waals surface area contributed by atoms with Crippen LogP contribution < -0.4 is 10.1 Å². The normalized spacial score (nSPS) is 15.8. The number of methoxy groups -OCH3 is 1. The summed E-state index contributed by atoms with van der Waals surface area (Å²) in [6, 6.07) is 7.30. The third kappa shape index (κ3) is 3.51. The number of carbonyl (C=O) groups is 1. The minimum atomic E-state index is -0.358. The molecule has 1 aromatic heterocycles. The van der Waals surface area contributed by atoms with E-state index in [0.29, 0.717) is 0 Å². The molecule has 0 saturated carbocycles. The average Bonchev–Trinajstić information content (AvgIpc) is 3.06. The molecule has 3 rings (SSSR count). The Balaban J connectivity index is 1.91. The van der Waals surface area contributed by atoms with Crippen LogP contribution in [0.15, 0.2) is 36.7 Å². The molecule has 128 valence electrons. The van der Waals surface area contributed by atoms with Crippen molar-refractivity contribution in [1.82, 2.24) is 19.8 Å². The summed E-state index contributed by atoms with van der Waals surface area (Å²) < 4.78 is 7.41. The molecule has 0 aliphatic carbocycles. The third-order valence-corrected chi connectivity index (χ3v) is 5.08. The van der Waals surface area contributed by atoms with Crippen LogP contribution in [-0.4, -0.2) is 52.2 Å². The molecule has 1 N–H and O–H groups in total. The highest BCUT2D eigenvalue weighted by Gasteiger charge is 2.26. The van der Waals surface area contributed by atoms with E-state index in [1.807, 2.05) is 58.7 Å². The van der Waals surface area contributed by atoms with Gasteiger partial charge < -0.3 is 19.5 Å². The number of aryl methyl sites for hydroxylation is 1. The van der Waals surface area contributed by atoms with Gasteiger partial charge in [-0.2, -0.15) is 11.8 Å². The standard InChI is InChI=1S/C17H22N4O2S/c1-20-8-7-18-16(20)15(13-5-3-4-6-14(13)23-2)19-17(22)21-9-11-24-12-10-21/h3-8,15H,9-12H2,1-2H3,(H,19,22)/t15-/m0/s1. The first-order valence-electron chi connectivity index (χ1n) is 7.94. The lowest BCUT2D eigenvalue weighted by atomic mass is 10.0. The first-order valence-corrected chi connectivity index (χ1v) is 9.09. The SMILES string of the molecule is COc1ccccc1[C@H](NC(=O)N1CCSCC1)c1nccn1C. The monoisotopic (exact) mass is 346 g/mol. The Morgan fingerprint density at radius 2 is 2.08 bits per heavy atom. The van der Waals surface area contributed by atoms with Crippen molar-refractivity contribution in [3.05, 3.63) is 48.0 Å². The molecule has 1 saturated heterocycles. The molecule has 7 heteroatoms. The number of benzene rings is 1. The summed E-state index contributed by atoms with van der Waals surface area (Å²) in [4.78, 5) is 19.0. The fraction of sp³-hybridized carbons (Fsp3) is 0.412. The highest BCUT2D eigenvalue weighted by molar-refractivity contribution is 7.99. The van der Waals surface area contributed by atoms with Gasteiger partial charge in [0.15, 0.2) is 0 Å². The Morgan fingerprint density at radius 3 is 2.75 bits per heavy atom. The number of amides is 2. The van der Waals surface area contributed by atoms with Crippen molar-refractivity contribution in [1.29, 1.82) is 0 Å². The summed E-state index contributed by atoms with van der Waals surface area (Å²) in [5.74, 6) is 3.48. The number of rotatable bonds is 4. The number of hydrogen-bond acceptors (Lipinski definition) is 4. The van der Waals surface area contributed by atoms with Gasteiger partial charge in [-0.1, -0.05) is 18.2 Å². The molecule has 2 amide bonds. The minimum absolute atomic E-state index is 0.0609. The molecule has 2 aromatic rings. The Hall–Kier alpha value is -2.15. The second-order valence-corrected chi connectivity index (χ2v) is 6.84. The van der Waals surface area contributed by atoms with Crippen LogP contribution in [0.4, 0.5) is 4.79 Å². The van der Waals surface area contributed by atoms with E-state index in [9.17, 15) is 4.79 Å². The summed E-state index contributed by atoms with van der Waals surface area (Å²) >= 11 is 1.88. The zero-order valence-corrected chi connectivity index (χ0v) is 14.8. The number of urea groups is 1. The van der Waals surface area contributed by atoms with Crippen molar-refractivity contribution in [3.8, 4) is 5.75 Å². The number of ether oxygens (including phenoxy) is 1. The molecule has 24 heavy (non-hydrogen) atoms. The van der Waals surface area contributed by atoms with E-state index < -0.39 is 0 Å².